The fourth-order valence-corrected chi connectivity index (χ4v) is 2.28. The predicted octanol–water partition coefficient (Wildman–Crippen LogP) is 2.48. The van der Waals surface area contributed by atoms with Gasteiger partial charge < -0.3 is 15.4 Å². The smallest absolute Gasteiger partial charge is 0.0700 e. The zero-order chi connectivity index (χ0) is 12.8. The summed E-state index contributed by atoms with van der Waals surface area (Å²) < 4.78 is 5.57. The van der Waals surface area contributed by atoms with Crippen LogP contribution < -0.4 is 10.6 Å². The minimum Gasteiger partial charge on any atom is -0.384 e. The lowest BCUT2D eigenvalue weighted by molar-refractivity contribution is 0.110. The van der Waals surface area contributed by atoms with E-state index in [-0.39, 0.29) is 0 Å². The van der Waals surface area contributed by atoms with Crippen LogP contribution in [0.15, 0.2) is 18.2 Å². The van der Waals surface area contributed by atoms with Crippen molar-refractivity contribution in [1.82, 2.24) is 5.32 Å². The standard InChI is InChI=1S/C15H24N2O/c1-12-5-6-13(2)15(10-12)17-8-7-16-11-14-4-3-9-18-14/h5-6,10,14,16-17H,3-4,7-9,11H2,1-2H3. The van der Waals surface area contributed by atoms with E-state index in [2.05, 4.69) is 42.7 Å². The van der Waals surface area contributed by atoms with Gasteiger partial charge >= 0.3 is 0 Å². The van der Waals surface area contributed by atoms with Crippen molar-refractivity contribution in [3.63, 3.8) is 0 Å². The van der Waals surface area contributed by atoms with E-state index in [1.807, 2.05) is 0 Å². The van der Waals surface area contributed by atoms with Crippen LogP contribution in [0.5, 0.6) is 0 Å². The first-order valence-corrected chi connectivity index (χ1v) is 6.89. The molecule has 1 fully saturated rings. The number of benzene rings is 1. The molecule has 1 aromatic rings. The maximum Gasteiger partial charge on any atom is 0.0700 e. The molecule has 0 bridgehead atoms. The molecule has 1 aromatic carbocycles. The third kappa shape index (κ3) is 4.00. The largest absolute Gasteiger partial charge is 0.384 e. The van der Waals surface area contributed by atoms with Gasteiger partial charge in [-0.2, -0.15) is 0 Å². The highest BCUT2D eigenvalue weighted by Crippen LogP contribution is 2.15. The summed E-state index contributed by atoms with van der Waals surface area (Å²) in [6.45, 7) is 8.12. The van der Waals surface area contributed by atoms with Crippen molar-refractivity contribution < 1.29 is 4.74 Å². The molecule has 0 aliphatic carbocycles. The lowest BCUT2D eigenvalue weighted by Crippen LogP contribution is -2.30. The van der Waals surface area contributed by atoms with Gasteiger partial charge in [0, 0.05) is 31.9 Å². The van der Waals surface area contributed by atoms with Gasteiger partial charge in [-0.15, -0.1) is 0 Å². The summed E-state index contributed by atoms with van der Waals surface area (Å²) in [5, 5.41) is 6.92. The van der Waals surface area contributed by atoms with Gasteiger partial charge in [-0.05, 0) is 43.9 Å². The second-order valence-electron chi connectivity index (χ2n) is 5.08. The molecule has 0 radical (unpaired) electrons. The van der Waals surface area contributed by atoms with Crippen LogP contribution in [0.1, 0.15) is 24.0 Å². The molecule has 1 aliphatic heterocycles. The Morgan fingerprint density at radius 1 is 1.28 bits per heavy atom. The molecule has 2 N–H and O–H groups in total. The van der Waals surface area contributed by atoms with Crippen LogP contribution in [0.25, 0.3) is 0 Å². The summed E-state index contributed by atoms with van der Waals surface area (Å²) in [5.74, 6) is 0. The summed E-state index contributed by atoms with van der Waals surface area (Å²) in [6.07, 6.45) is 2.86. The topological polar surface area (TPSA) is 33.3 Å². The van der Waals surface area contributed by atoms with Crippen LogP contribution >= 0.6 is 0 Å². The molecule has 1 atom stereocenters. The van der Waals surface area contributed by atoms with E-state index in [1.54, 1.807) is 0 Å². The van der Waals surface area contributed by atoms with Crippen molar-refractivity contribution in [2.45, 2.75) is 32.8 Å². The van der Waals surface area contributed by atoms with E-state index < -0.39 is 0 Å². The van der Waals surface area contributed by atoms with Gasteiger partial charge in [0.15, 0.2) is 0 Å². The summed E-state index contributed by atoms with van der Waals surface area (Å²) in [4.78, 5) is 0. The first-order chi connectivity index (χ1) is 8.75. The fraction of sp³-hybridized carbons (Fsp3) is 0.600. The molecule has 2 rings (SSSR count). The van der Waals surface area contributed by atoms with Gasteiger partial charge in [-0.3, -0.25) is 0 Å². The Morgan fingerprint density at radius 3 is 2.94 bits per heavy atom. The second kappa shape index (κ2) is 6.76. The van der Waals surface area contributed by atoms with Gasteiger partial charge in [-0.25, -0.2) is 0 Å². The number of ether oxygens (including phenoxy) is 1. The normalized spacial score (nSPS) is 19.1. The molecule has 18 heavy (non-hydrogen) atoms. The third-order valence-electron chi connectivity index (χ3n) is 3.41. The second-order valence-corrected chi connectivity index (χ2v) is 5.08. The molecular weight excluding hydrogens is 224 g/mol. The van der Waals surface area contributed by atoms with E-state index in [0.717, 1.165) is 26.2 Å². The van der Waals surface area contributed by atoms with E-state index in [4.69, 9.17) is 4.74 Å². The molecule has 1 aliphatic rings. The molecule has 0 aromatic heterocycles. The number of anilines is 1. The minimum absolute atomic E-state index is 0.436. The van der Waals surface area contributed by atoms with Crippen LogP contribution in [0, 0.1) is 13.8 Å². The first kappa shape index (κ1) is 13.4. The monoisotopic (exact) mass is 248 g/mol. The van der Waals surface area contributed by atoms with E-state index >= 15 is 0 Å². The molecule has 0 spiro atoms. The lowest BCUT2D eigenvalue weighted by Gasteiger charge is -2.13. The Balaban J connectivity index is 1.64. The van der Waals surface area contributed by atoms with Crippen LogP contribution in [-0.2, 0) is 4.74 Å². The van der Waals surface area contributed by atoms with Crippen LogP contribution in [0.2, 0.25) is 0 Å². The zero-order valence-corrected chi connectivity index (χ0v) is 11.5. The highest BCUT2D eigenvalue weighted by molar-refractivity contribution is 5.52. The Kier molecular flexibility index (Phi) is 5.02. The molecule has 1 saturated heterocycles. The SMILES string of the molecule is Cc1ccc(C)c(NCCNCC2CCCO2)c1. The molecule has 3 nitrogen and oxygen atoms in total. The van der Waals surface area contributed by atoms with Crippen LogP contribution in [0.3, 0.4) is 0 Å². The maximum absolute atomic E-state index is 5.57. The Hall–Kier alpha value is -1.06. The Labute approximate surface area is 110 Å². The number of nitrogens with one attached hydrogen (secondary N) is 2. The number of hydrogen-bond acceptors (Lipinski definition) is 3. The van der Waals surface area contributed by atoms with Crippen molar-refractivity contribution >= 4 is 5.69 Å². The first-order valence-electron chi connectivity index (χ1n) is 6.89. The number of hydrogen-bond donors (Lipinski definition) is 2. The van der Waals surface area contributed by atoms with Gasteiger partial charge in [0.2, 0.25) is 0 Å². The minimum atomic E-state index is 0.436. The molecule has 0 amide bonds. The Morgan fingerprint density at radius 2 is 2.17 bits per heavy atom. The quantitative estimate of drug-likeness (QED) is 0.759. The molecule has 1 unspecified atom stereocenters. The van der Waals surface area contributed by atoms with E-state index in [9.17, 15) is 0 Å². The van der Waals surface area contributed by atoms with E-state index in [0.29, 0.717) is 6.10 Å². The zero-order valence-electron chi connectivity index (χ0n) is 11.5. The van der Waals surface area contributed by atoms with E-state index in [1.165, 1.54) is 29.7 Å². The molecular formula is C15H24N2O. The number of aryl methyl sites for hydroxylation is 2. The van der Waals surface area contributed by atoms with Crippen molar-refractivity contribution in [1.29, 1.82) is 0 Å². The molecule has 1 heterocycles. The summed E-state index contributed by atoms with van der Waals surface area (Å²) >= 11 is 0. The van der Waals surface area contributed by atoms with Crippen LogP contribution in [-0.4, -0.2) is 32.3 Å². The van der Waals surface area contributed by atoms with Gasteiger partial charge in [-0.1, -0.05) is 12.1 Å². The molecule has 3 heteroatoms. The average Bonchev–Trinajstić information content (AvgIpc) is 2.86. The van der Waals surface area contributed by atoms with Gasteiger partial charge in [0.05, 0.1) is 6.10 Å². The van der Waals surface area contributed by atoms with Crippen LogP contribution in [0.4, 0.5) is 5.69 Å². The molecule has 100 valence electrons. The highest BCUT2D eigenvalue weighted by atomic mass is 16.5. The fourth-order valence-electron chi connectivity index (χ4n) is 2.28. The van der Waals surface area contributed by atoms with Crippen molar-refractivity contribution in [3.05, 3.63) is 29.3 Å². The maximum atomic E-state index is 5.57. The van der Waals surface area contributed by atoms with Crippen molar-refractivity contribution in [3.8, 4) is 0 Å². The summed E-state index contributed by atoms with van der Waals surface area (Å²) in [7, 11) is 0. The van der Waals surface area contributed by atoms with Gasteiger partial charge in [0.1, 0.15) is 0 Å². The number of rotatable bonds is 6. The lowest BCUT2D eigenvalue weighted by atomic mass is 10.1. The van der Waals surface area contributed by atoms with Crippen molar-refractivity contribution in [2.75, 3.05) is 31.6 Å². The third-order valence-corrected chi connectivity index (χ3v) is 3.41. The average molecular weight is 248 g/mol. The van der Waals surface area contributed by atoms with Gasteiger partial charge in [0.25, 0.3) is 0 Å². The highest BCUT2D eigenvalue weighted by Gasteiger charge is 2.13. The molecule has 0 saturated carbocycles. The predicted molar refractivity (Wildman–Crippen MR) is 76.2 cm³/mol. The summed E-state index contributed by atoms with van der Waals surface area (Å²) in [6, 6.07) is 6.52. The van der Waals surface area contributed by atoms with Crippen molar-refractivity contribution in [2.24, 2.45) is 0 Å². The summed E-state index contributed by atoms with van der Waals surface area (Å²) in [5.41, 5.74) is 3.85. The Bertz CT molecular complexity index is 373.